The summed E-state index contributed by atoms with van der Waals surface area (Å²) in [5, 5.41) is 0. The second-order valence-electron chi connectivity index (χ2n) is 4.82. The van der Waals surface area contributed by atoms with Crippen LogP contribution in [-0.4, -0.2) is 27.2 Å². The van der Waals surface area contributed by atoms with Gasteiger partial charge in [0.2, 0.25) is 0 Å². The molecule has 5 heteroatoms. The van der Waals surface area contributed by atoms with Crippen LogP contribution in [0.25, 0.3) is 11.3 Å². The molecule has 0 aromatic carbocycles. The van der Waals surface area contributed by atoms with Crippen molar-refractivity contribution >= 4 is 5.82 Å². The first-order chi connectivity index (χ1) is 9.29. The number of pyridine rings is 1. The van der Waals surface area contributed by atoms with Crippen molar-refractivity contribution in [3.8, 4) is 11.3 Å². The molecule has 3 rings (SSSR count). The monoisotopic (exact) mass is 258 g/mol. The minimum absolute atomic E-state index is 0.386. The van der Waals surface area contributed by atoms with Crippen molar-refractivity contribution in [3.63, 3.8) is 0 Å². The highest BCUT2D eigenvalue weighted by atomic mass is 16.5. The van der Waals surface area contributed by atoms with E-state index in [-0.39, 0.29) is 0 Å². The van der Waals surface area contributed by atoms with Gasteiger partial charge in [0, 0.05) is 24.4 Å². The molecule has 5 nitrogen and oxygen atoms in total. The third-order valence-corrected chi connectivity index (χ3v) is 3.65. The highest BCUT2D eigenvalue weighted by Gasteiger charge is 2.32. The molecule has 2 heterocycles. The molecule has 0 bridgehead atoms. The Kier molecular flexibility index (Phi) is 3.21. The van der Waals surface area contributed by atoms with E-state index in [9.17, 15) is 0 Å². The quantitative estimate of drug-likeness (QED) is 0.913. The van der Waals surface area contributed by atoms with Crippen LogP contribution in [0.1, 0.15) is 25.8 Å². The van der Waals surface area contributed by atoms with Crippen LogP contribution in [0, 0.1) is 0 Å². The van der Waals surface area contributed by atoms with Crippen molar-refractivity contribution in [2.24, 2.45) is 0 Å². The molecule has 0 atom stereocenters. The number of imidazole rings is 1. The molecule has 19 heavy (non-hydrogen) atoms. The van der Waals surface area contributed by atoms with Crippen LogP contribution in [0.5, 0.6) is 0 Å². The number of nitrogen functional groups attached to an aromatic ring is 1. The van der Waals surface area contributed by atoms with E-state index in [1.807, 2.05) is 31.6 Å². The van der Waals surface area contributed by atoms with Gasteiger partial charge >= 0.3 is 0 Å². The predicted octanol–water partition coefficient (Wildman–Crippen LogP) is 2.27. The van der Waals surface area contributed by atoms with Gasteiger partial charge in [0.25, 0.3) is 0 Å². The van der Waals surface area contributed by atoms with E-state index in [4.69, 9.17) is 10.5 Å². The van der Waals surface area contributed by atoms with E-state index in [2.05, 4.69) is 14.5 Å². The first kappa shape index (κ1) is 12.2. The minimum atomic E-state index is 0.386. The maximum absolute atomic E-state index is 5.94. The van der Waals surface area contributed by atoms with Gasteiger partial charge in [-0.2, -0.15) is 0 Å². The fourth-order valence-electron chi connectivity index (χ4n) is 2.58. The van der Waals surface area contributed by atoms with Gasteiger partial charge < -0.3 is 15.0 Å². The van der Waals surface area contributed by atoms with Gasteiger partial charge in [-0.15, -0.1) is 0 Å². The smallest absolute Gasteiger partial charge is 0.132 e. The molecular weight excluding hydrogens is 240 g/mol. The third-order valence-electron chi connectivity index (χ3n) is 3.65. The zero-order valence-corrected chi connectivity index (χ0v) is 11.0. The summed E-state index contributed by atoms with van der Waals surface area (Å²) < 4.78 is 7.79. The van der Waals surface area contributed by atoms with E-state index in [0.717, 1.165) is 30.7 Å². The number of anilines is 1. The highest BCUT2D eigenvalue weighted by Crippen LogP contribution is 2.38. The Labute approximate surface area is 112 Å². The van der Waals surface area contributed by atoms with Crippen LogP contribution in [0.2, 0.25) is 0 Å². The van der Waals surface area contributed by atoms with Crippen molar-refractivity contribution in [2.75, 3.05) is 12.3 Å². The number of nitrogens with zero attached hydrogens (tertiary/aromatic N) is 3. The number of ether oxygens (including phenoxy) is 1. The fraction of sp³-hybridized carbons (Fsp3) is 0.429. The summed E-state index contributed by atoms with van der Waals surface area (Å²) in [5.74, 6) is 0.546. The van der Waals surface area contributed by atoms with E-state index in [0.29, 0.717) is 18.0 Å². The van der Waals surface area contributed by atoms with Crippen LogP contribution in [-0.2, 0) is 4.74 Å². The zero-order chi connectivity index (χ0) is 13.2. The van der Waals surface area contributed by atoms with Crippen LogP contribution in [0.3, 0.4) is 0 Å². The Hall–Kier alpha value is -1.88. The Morgan fingerprint density at radius 2 is 2.32 bits per heavy atom. The molecule has 1 saturated carbocycles. The van der Waals surface area contributed by atoms with Crippen molar-refractivity contribution in [3.05, 3.63) is 30.9 Å². The molecule has 1 fully saturated rings. The maximum atomic E-state index is 5.94. The Balaban J connectivity index is 1.83. The normalized spacial score (nSPS) is 22.2. The number of hydrogen-bond acceptors (Lipinski definition) is 4. The van der Waals surface area contributed by atoms with Gasteiger partial charge in [-0.25, -0.2) is 9.97 Å². The topological polar surface area (TPSA) is 66.0 Å². The first-order valence-corrected chi connectivity index (χ1v) is 6.64. The standard InChI is InChI=1S/C14H18N4O/c1-2-19-11-6-10(7-11)18-9-16-8-13(18)12-4-3-5-17-14(12)15/h3-5,8-11H,2,6-7H2,1H3,(H2,15,17). The summed E-state index contributed by atoms with van der Waals surface area (Å²) in [5.41, 5.74) is 7.92. The molecule has 100 valence electrons. The van der Waals surface area contributed by atoms with Crippen LogP contribution >= 0.6 is 0 Å². The van der Waals surface area contributed by atoms with Crippen molar-refractivity contribution < 1.29 is 4.74 Å². The van der Waals surface area contributed by atoms with Crippen LogP contribution < -0.4 is 5.73 Å². The second kappa shape index (κ2) is 5.01. The van der Waals surface area contributed by atoms with E-state index in [1.54, 1.807) is 6.20 Å². The largest absolute Gasteiger partial charge is 0.383 e. The lowest BCUT2D eigenvalue weighted by Crippen LogP contribution is -2.33. The SMILES string of the molecule is CCOC1CC(n2cncc2-c2cccnc2N)C1. The lowest BCUT2D eigenvalue weighted by Gasteiger charge is -2.36. The van der Waals surface area contributed by atoms with Gasteiger partial charge in [-0.05, 0) is 31.9 Å². The third kappa shape index (κ3) is 2.21. The van der Waals surface area contributed by atoms with Gasteiger partial charge in [0.15, 0.2) is 0 Å². The maximum Gasteiger partial charge on any atom is 0.132 e. The molecule has 2 aromatic rings. The summed E-state index contributed by atoms with van der Waals surface area (Å²) in [6, 6.07) is 4.33. The number of rotatable bonds is 4. The molecular formula is C14H18N4O. The fourth-order valence-corrected chi connectivity index (χ4v) is 2.58. The molecule has 2 aromatic heterocycles. The van der Waals surface area contributed by atoms with Gasteiger partial charge in [0.05, 0.1) is 24.3 Å². The Morgan fingerprint density at radius 3 is 3.05 bits per heavy atom. The van der Waals surface area contributed by atoms with E-state index in [1.165, 1.54) is 0 Å². The van der Waals surface area contributed by atoms with E-state index >= 15 is 0 Å². The van der Waals surface area contributed by atoms with Gasteiger partial charge in [-0.1, -0.05) is 0 Å². The summed E-state index contributed by atoms with van der Waals surface area (Å²) in [6.45, 7) is 2.82. The highest BCUT2D eigenvalue weighted by molar-refractivity contribution is 5.70. The molecule has 0 spiro atoms. The minimum Gasteiger partial charge on any atom is -0.383 e. The predicted molar refractivity (Wildman–Crippen MR) is 73.6 cm³/mol. The van der Waals surface area contributed by atoms with Gasteiger partial charge in [-0.3, -0.25) is 0 Å². The Morgan fingerprint density at radius 1 is 1.47 bits per heavy atom. The molecule has 1 aliphatic rings. The lowest BCUT2D eigenvalue weighted by molar-refractivity contribution is -0.0193. The van der Waals surface area contributed by atoms with Crippen molar-refractivity contribution in [1.82, 2.24) is 14.5 Å². The second-order valence-corrected chi connectivity index (χ2v) is 4.82. The van der Waals surface area contributed by atoms with Crippen LogP contribution in [0.4, 0.5) is 5.82 Å². The van der Waals surface area contributed by atoms with E-state index < -0.39 is 0 Å². The van der Waals surface area contributed by atoms with Crippen molar-refractivity contribution in [1.29, 1.82) is 0 Å². The molecule has 0 saturated heterocycles. The first-order valence-electron chi connectivity index (χ1n) is 6.64. The molecule has 0 amide bonds. The molecule has 0 aliphatic heterocycles. The summed E-state index contributed by atoms with van der Waals surface area (Å²) >= 11 is 0. The number of nitrogens with two attached hydrogens (primary N) is 1. The van der Waals surface area contributed by atoms with Gasteiger partial charge in [0.1, 0.15) is 5.82 Å². The molecule has 0 unspecified atom stereocenters. The molecule has 2 N–H and O–H groups in total. The van der Waals surface area contributed by atoms with Crippen molar-refractivity contribution in [2.45, 2.75) is 31.9 Å². The summed E-state index contributed by atoms with van der Waals surface area (Å²) in [4.78, 5) is 8.39. The Bertz CT molecular complexity index is 560. The number of hydrogen-bond donors (Lipinski definition) is 1. The molecule has 1 aliphatic carbocycles. The summed E-state index contributed by atoms with van der Waals surface area (Å²) in [6.07, 6.45) is 7.88. The zero-order valence-electron chi connectivity index (χ0n) is 11.0. The summed E-state index contributed by atoms with van der Waals surface area (Å²) in [7, 11) is 0. The molecule has 0 radical (unpaired) electrons. The average molecular weight is 258 g/mol. The average Bonchev–Trinajstić information content (AvgIpc) is 2.82. The van der Waals surface area contributed by atoms with Crippen LogP contribution in [0.15, 0.2) is 30.9 Å². The lowest BCUT2D eigenvalue weighted by atomic mass is 9.88. The number of aromatic nitrogens is 3.